The van der Waals surface area contributed by atoms with E-state index in [1.54, 1.807) is 24.3 Å². The van der Waals surface area contributed by atoms with Gasteiger partial charge in [0.1, 0.15) is 0 Å². The second-order valence-corrected chi connectivity index (χ2v) is 4.85. The molecule has 1 aromatic carbocycles. The van der Waals surface area contributed by atoms with Gasteiger partial charge in [-0.3, -0.25) is 4.79 Å². The van der Waals surface area contributed by atoms with E-state index in [4.69, 9.17) is 5.11 Å². The standard InChI is InChI=1S/C11H10F2O2S/c12-10(13)16-8-3-1-7(2-4-8)11(5-6-11)9(14)15/h1-4,10H,5-6H2,(H,14,15). The molecule has 0 amide bonds. The Balaban J connectivity index is 2.17. The Bertz CT molecular complexity index is 399. The van der Waals surface area contributed by atoms with Gasteiger partial charge in [-0.25, -0.2) is 0 Å². The molecule has 2 rings (SSSR count). The molecule has 2 nitrogen and oxygen atoms in total. The van der Waals surface area contributed by atoms with Gasteiger partial charge in [-0.05, 0) is 30.5 Å². The first-order valence-electron chi connectivity index (χ1n) is 4.83. The minimum Gasteiger partial charge on any atom is -0.481 e. The van der Waals surface area contributed by atoms with Gasteiger partial charge in [-0.2, -0.15) is 8.78 Å². The van der Waals surface area contributed by atoms with Crippen LogP contribution in [0.15, 0.2) is 29.2 Å². The van der Waals surface area contributed by atoms with Crippen LogP contribution in [0.3, 0.4) is 0 Å². The molecule has 1 aliphatic rings. The molecule has 1 N–H and O–H groups in total. The van der Waals surface area contributed by atoms with Gasteiger partial charge in [0.2, 0.25) is 0 Å². The highest BCUT2D eigenvalue weighted by atomic mass is 32.2. The average molecular weight is 244 g/mol. The number of carboxylic acids is 1. The second-order valence-electron chi connectivity index (χ2n) is 3.79. The summed E-state index contributed by atoms with van der Waals surface area (Å²) in [6, 6.07) is 6.36. The normalized spacial score (nSPS) is 17.4. The van der Waals surface area contributed by atoms with Crippen molar-refractivity contribution in [2.24, 2.45) is 0 Å². The summed E-state index contributed by atoms with van der Waals surface area (Å²) < 4.78 is 24.1. The van der Waals surface area contributed by atoms with Crippen LogP contribution in [0.2, 0.25) is 0 Å². The minimum absolute atomic E-state index is 0.458. The van der Waals surface area contributed by atoms with E-state index in [0.717, 1.165) is 0 Å². The summed E-state index contributed by atoms with van der Waals surface area (Å²) in [5.74, 6) is -3.28. The molecule has 1 aromatic rings. The third kappa shape index (κ3) is 2.04. The largest absolute Gasteiger partial charge is 0.481 e. The van der Waals surface area contributed by atoms with Gasteiger partial charge < -0.3 is 5.11 Å². The molecule has 0 heterocycles. The second kappa shape index (κ2) is 4.05. The Hall–Kier alpha value is -1.10. The van der Waals surface area contributed by atoms with Crippen LogP contribution < -0.4 is 0 Å². The lowest BCUT2D eigenvalue weighted by Crippen LogP contribution is -2.19. The predicted molar refractivity (Wildman–Crippen MR) is 56.9 cm³/mol. The third-order valence-electron chi connectivity index (χ3n) is 2.79. The van der Waals surface area contributed by atoms with E-state index in [-0.39, 0.29) is 0 Å². The fraction of sp³-hybridized carbons (Fsp3) is 0.364. The minimum atomic E-state index is -2.44. The predicted octanol–water partition coefficient (Wildman–Crippen LogP) is 3.12. The van der Waals surface area contributed by atoms with E-state index in [1.807, 2.05) is 0 Å². The maximum absolute atomic E-state index is 12.1. The van der Waals surface area contributed by atoms with E-state index in [9.17, 15) is 13.6 Å². The van der Waals surface area contributed by atoms with Crippen LogP contribution in [0.5, 0.6) is 0 Å². The molecule has 0 saturated heterocycles. The third-order valence-corrected chi connectivity index (χ3v) is 3.51. The first-order valence-corrected chi connectivity index (χ1v) is 5.71. The molecular formula is C11H10F2O2S. The summed E-state index contributed by atoms with van der Waals surface area (Å²) in [6.45, 7) is 0. The smallest absolute Gasteiger partial charge is 0.314 e. The Labute approximate surface area is 95.7 Å². The highest BCUT2D eigenvalue weighted by Crippen LogP contribution is 2.48. The monoisotopic (exact) mass is 244 g/mol. The van der Waals surface area contributed by atoms with Gasteiger partial charge in [-0.1, -0.05) is 23.9 Å². The summed E-state index contributed by atoms with van der Waals surface area (Å²) in [7, 11) is 0. The summed E-state index contributed by atoms with van der Waals surface area (Å²) in [4.78, 5) is 11.5. The van der Waals surface area contributed by atoms with E-state index in [1.165, 1.54) is 0 Å². The molecule has 0 aromatic heterocycles. The summed E-state index contributed by atoms with van der Waals surface area (Å²) in [5, 5.41) is 9.05. The van der Waals surface area contributed by atoms with Gasteiger partial charge in [0, 0.05) is 4.90 Å². The highest BCUT2D eigenvalue weighted by molar-refractivity contribution is 7.99. The molecule has 86 valence electrons. The lowest BCUT2D eigenvalue weighted by Gasteiger charge is -2.10. The number of alkyl halides is 2. The zero-order chi connectivity index (χ0) is 11.8. The molecule has 0 spiro atoms. The van der Waals surface area contributed by atoms with Crippen molar-refractivity contribution in [2.45, 2.75) is 28.9 Å². The molecule has 0 unspecified atom stereocenters. The zero-order valence-electron chi connectivity index (χ0n) is 8.32. The number of rotatable bonds is 4. The van der Waals surface area contributed by atoms with Crippen molar-refractivity contribution >= 4 is 17.7 Å². The Morgan fingerprint density at radius 3 is 2.25 bits per heavy atom. The number of carbonyl (C=O) groups is 1. The van der Waals surface area contributed by atoms with Gasteiger partial charge in [0.05, 0.1) is 5.41 Å². The molecule has 16 heavy (non-hydrogen) atoms. The molecule has 0 radical (unpaired) electrons. The summed E-state index contributed by atoms with van der Waals surface area (Å²) in [5.41, 5.74) is -0.0489. The number of benzene rings is 1. The first-order chi connectivity index (χ1) is 7.54. The van der Waals surface area contributed by atoms with Crippen LogP contribution in [-0.2, 0) is 10.2 Å². The van der Waals surface area contributed by atoms with Crippen LogP contribution >= 0.6 is 11.8 Å². The molecule has 0 atom stereocenters. The molecule has 1 aliphatic carbocycles. The molecule has 5 heteroatoms. The fourth-order valence-electron chi connectivity index (χ4n) is 1.71. The maximum atomic E-state index is 12.1. The van der Waals surface area contributed by atoms with Crippen molar-refractivity contribution in [1.82, 2.24) is 0 Å². The van der Waals surface area contributed by atoms with Crippen molar-refractivity contribution in [3.8, 4) is 0 Å². The number of aliphatic carboxylic acids is 1. The number of carboxylic acid groups (broad SMARTS) is 1. The SMILES string of the molecule is O=C(O)C1(c2ccc(SC(F)F)cc2)CC1. The Kier molecular flexibility index (Phi) is 2.88. The van der Waals surface area contributed by atoms with Crippen molar-refractivity contribution in [1.29, 1.82) is 0 Å². The van der Waals surface area contributed by atoms with Gasteiger partial charge in [0.15, 0.2) is 0 Å². The average Bonchev–Trinajstić information content (AvgIpc) is 2.98. The molecule has 0 bridgehead atoms. The van der Waals surface area contributed by atoms with Crippen LogP contribution in [0.1, 0.15) is 18.4 Å². The molecule has 0 aliphatic heterocycles. The van der Waals surface area contributed by atoms with Gasteiger partial charge in [0.25, 0.3) is 5.76 Å². The number of thioether (sulfide) groups is 1. The summed E-state index contributed by atoms with van der Waals surface area (Å²) >= 11 is 0.466. The maximum Gasteiger partial charge on any atom is 0.314 e. The van der Waals surface area contributed by atoms with E-state index in [0.29, 0.717) is 35.1 Å². The number of halogens is 2. The quantitative estimate of drug-likeness (QED) is 0.827. The highest BCUT2D eigenvalue weighted by Gasteiger charge is 2.51. The molecule has 1 saturated carbocycles. The van der Waals surface area contributed by atoms with E-state index < -0.39 is 17.1 Å². The zero-order valence-corrected chi connectivity index (χ0v) is 9.14. The van der Waals surface area contributed by atoms with Crippen molar-refractivity contribution in [2.75, 3.05) is 0 Å². The fourth-order valence-corrected chi connectivity index (χ4v) is 2.21. The van der Waals surface area contributed by atoms with Crippen LogP contribution in [0.25, 0.3) is 0 Å². The van der Waals surface area contributed by atoms with Crippen molar-refractivity contribution in [3.05, 3.63) is 29.8 Å². The topological polar surface area (TPSA) is 37.3 Å². The Morgan fingerprint density at radius 2 is 1.88 bits per heavy atom. The lowest BCUT2D eigenvalue weighted by molar-refractivity contribution is -0.140. The van der Waals surface area contributed by atoms with Gasteiger partial charge in [-0.15, -0.1) is 0 Å². The van der Waals surface area contributed by atoms with Crippen LogP contribution in [-0.4, -0.2) is 16.8 Å². The van der Waals surface area contributed by atoms with Crippen LogP contribution in [0.4, 0.5) is 8.78 Å². The molecular weight excluding hydrogens is 234 g/mol. The Morgan fingerprint density at radius 1 is 1.31 bits per heavy atom. The molecule has 1 fully saturated rings. The first kappa shape index (κ1) is 11.4. The van der Waals surface area contributed by atoms with Crippen molar-refractivity contribution in [3.63, 3.8) is 0 Å². The van der Waals surface area contributed by atoms with E-state index >= 15 is 0 Å². The lowest BCUT2D eigenvalue weighted by atomic mass is 9.96. The van der Waals surface area contributed by atoms with Crippen LogP contribution in [0, 0.1) is 0 Å². The number of hydrogen-bond acceptors (Lipinski definition) is 2. The van der Waals surface area contributed by atoms with Crippen molar-refractivity contribution < 1.29 is 18.7 Å². The van der Waals surface area contributed by atoms with Gasteiger partial charge >= 0.3 is 5.97 Å². The number of hydrogen-bond donors (Lipinski definition) is 1. The van der Waals surface area contributed by atoms with E-state index in [2.05, 4.69) is 0 Å². The summed E-state index contributed by atoms with van der Waals surface area (Å²) in [6.07, 6.45) is 1.26.